The molecule has 1 aromatic carbocycles. The molecule has 2 aliphatic rings. The van der Waals surface area contributed by atoms with E-state index in [0.717, 1.165) is 19.3 Å². The van der Waals surface area contributed by atoms with Crippen molar-refractivity contribution < 1.29 is 17.9 Å². The third-order valence-electron chi connectivity index (χ3n) is 3.91. The maximum Gasteiger partial charge on any atom is 0.242 e. The molecule has 1 aliphatic carbocycles. The second kappa shape index (κ2) is 5.20. The zero-order valence-corrected chi connectivity index (χ0v) is 12.3. The van der Waals surface area contributed by atoms with Crippen molar-refractivity contribution in [3.8, 4) is 17.6 Å². The van der Waals surface area contributed by atoms with Gasteiger partial charge in [-0.3, -0.25) is 0 Å². The summed E-state index contributed by atoms with van der Waals surface area (Å²) >= 11 is 0. The summed E-state index contributed by atoms with van der Waals surface area (Å²) in [5, 5.41) is 9.39. The molecule has 1 saturated carbocycles. The van der Waals surface area contributed by atoms with Gasteiger partial charge in [0, 0.05) is 6.07 Å². The predicted octanol–water partition coefficient (Wildman–Crippen LogP) is 1.92. The Kier molecular flexibility index (Phi) is 3.51. The van der Waals surface area contributed by atoms with E-state index in [-0.39, 0.29) is 11.7 Å². The van der Waals surface area contributed by atoms with Crippen LogP contribution in [0.15, 0.2) is 23.1 Å². The van der Waals surface area contributed by atoms with Crippen LogP contribution in [0.25, 0.3) is 0 Å². The zero-order valence-electron chi connectivity index (χ0n) is 11.5. The van der Waals surface area contributed by atoms with E-state index in [1.54, 1.807) is 6.07 Å². The first-order valence-electron chi connectivity index (χ1n) is 6.90. The van der Waals surface area contributed by atoms with Crippen molar-refractivity contribution in [2.75, 3.05) is 6.79 Å². The van der Waals surface area contributed by atoms with Crippen molar-refractivity contribution in [3.63, 3.8) is 0 Å². The Morgan fingerprint density at radius 3 is 2.57 bits per heavy atom. The van der Waals surface area contributed by atoms with Gasteiger partial charge in [-0.25, -0.2) is 8.42 Å². The standard InChI is InChI=1S/C14H16N2O4S/c15-9-14(6-2-1-3-7-14)16-21(17,18)11-4-5-12-13(8-11)20-10-19-12/h4-5,8,16H,1-3,6-7,10H2. The van der Waals surface area contributed by atoms with Crippen molar-refractivity contribution in [3.05, 3.63) is 18.2 Å². The average molecular weight is 308 g/mol. The van der Waals surface area contributed by atoms with E-state index < -0.39 is 15.6 Å². The summed E-state index contributed by atoms with van der Waals surface area (Å²) in [6.45, 7) is 0.0917. The van der Waals surface area contributed by atoms with Crippen LogP contribution in [0.2, 0.25) is 0 Å². The van der Waals surface area contributed by atoms with E-state index in [1.165, 1.54) is 12.1 Å². The van der Waals surface area contributed by atoms with Crippen LogP contribution in [0.1, 0.15) is 32.1 Å². The number of nitrogens with one attached hydrogen (secondary N) is 1. The minimum atomic E-state index is -3.76. The largest absolute Gasteiger partial charge is 0.454 e. The lowest BCUT2D eigenvalue weighted by atomic mass is 9.84. The molecule has 1 heterocycles. The van der Waals surface area contributed by atoms with Crippen LogP contribution >= 0.6 is 0 Å². The number of fused-ring (bicyclic) bond motifs is 1. The maximum atomic E-state index is 12.5. The fourth-order valence-electron chi connectivity index (χ4n) is 2.75. The van der Waals surface area contributed by atoms with E-state index in [4.69, 9.17) is 9.47 Å². The minimum absolute atomic E-state index is 0.0898. The highest BCUT2D eigenvalue weighted by Crippen LogP contribution is 2.35. The van der Waals surface area contributed by atoms with E-state index in [2.05, 4.69) is 10.8 Å². The first kappa shape index (κ1) is 14.2. The van der Waals surface area contributed by atoms with Gasteiger partial charge in [0.25, 0.3) is 0 Å². The third-order valence-corrected chi connectivity index (χ3v) is 5.44. The number of sulfonamides is 1. The van der Waals surface area contributed by atoms with Crippen LogP contribution in [0, 0.1) is 11.3 Å². The second-order valence-electron chi connectivity index (χ2n) is 5.38. The van der Waals surface area contributed by atoms with Crippen molar-refractivity contribution in [1.82, 2.24) is 4.72 Å². The van der Waals surface area contributed by atoms with Gasteiger partial charge in [-0.15, -0.1) is 0 Å². The normalized spacial score (nSPS) is 20.0. The molecule has 6 nitrogen and oxygen atoms in total. The number of hydrogen-bond donors (Lipinski definition) is 1. The van der Waals surface area contributed by atoms with Crippen LogP contribution in [0.5, 0.6) is 11.5 Å². The highest BCUT2D eigenvalue weighted by Gasteiger charge is 2.37. The number of nitriles is 1. The molecule has 0 amide bonds. The Balaban J connectivity index is 1.88. The average Bonchev–Trinajstić information content (AvgIpc) is 2.95. The molecule has 1 aliphatic heterocycles. The Morgan fingerprint density at radius 1 is 1.14 bits per heavy atom. The summed E-state index contributed by atoms with van der Waals surface area (Å²) in [5.41, 5.74) is -0.993. The van der Waals surface area contributed by atoms with Gasteiger partial charge in [0.2, 0.25) is 16.8 Å². The molecule has 112 valence electrons. The number of rotatable bonds is 3. The van der Waals surface area contributed by atoms with Gasteiger partial charge >= 0.3 is 0 Å². The number of hydrogen-bond acceptors (Lipinski definition) is 5. The SMILES string of the molecule is N#CC1(NS(=O)(=O)c2ccc3c(c2)OCO3)CCCCC1. The summed E-state index contributed by atoms with van der Waals surface area (Å²) in [5.74, 6) is 0.939. The molecule has 0 unspecified atom stereocenters. The van der Waals surface area contributed by atoms with Crippen molar-refractivity contribution in [2.45, 2.75) is 42.5 Å². The quantitative estimate of drug-likeness (QED) is 0.921. The number of benzene rings is 1. The summed E-state index contributed by atoms with van der Waals surface area (Å²) in [6, 6.07) is 6.61. The van der Waals surface area contributed by atoms with E-state index in [9.17, 15) is 13.7 Å². The topological polar surface area (TPSA) is 88.4 Å². The van der Waals surface area contributed by atoms with Gasteiger partial charge < -0.3 is 9.47 Å². The Bertz CT molecular complexity index is 687. The van der Waals surface area contributed by atoms with Gasteiger partial charge in [-0.1, -0.05) is 19.3 Å². The maximum absolute atomic E-state index is 12.5. The number of nitrogens with zero attached hydrogens (tertiary/aromatic N) is 1. The zero-order chi connectivity index (χ0) is 14.9. The van der Waals surface area contributed by atoms with Gasteiger partial charge in [-0.05, 0) is 25.0 Å². The molecular formula is C14H16N2O4S. The highest BCUT2D eigenvalue weighted by atomic mass is 32.2. The molecule has 1 fully saturated rings. The minimum Gasteiger partial charge on any atom is -0.454 e. The summed E-state index contributed by atoms with van der Waals surface area (Å²) in [6.07, 6.45) is 3.85. The lowest BCUT2D eigenvalue weighted by Gasteiger charge is -2.31. The Morgan fingerprint density at radius 2 is 1.86 bits per heavy atom. The molecule has 21 heavy (non-hydrogen) atoms. The van der Waals surface area contributed by atoms with Gasteiger partial charge in [-0.2, -0.15) is 9.98 Å². The molecule has 7 heteroatoms. The first-order valence-corrected chi connectivity index (χ1v) is 8.38. The van der Waals surface area contributed by atoms with Crippen LogP contribution in [-0.2, 0) is 10.0 Å². The van der Waals surface area contributed by atoms with Gasteiger partial charge in [0.1, 0.15) is 5.54 Å². The van der Waals surface area contributed by atoms with Gasteiger partial charge in [0.15, 0.2) is 11.5 Å². The van der Waals surface area contributed by atoms with E-state index >= 15 is 0 Å². The summed E-state index contributed by atoms with van der Waals surface area (Å²) in [7, 11) is -3.76. The molecule has 0 aromatic heterocycles. The fourth-order valence-corrected chi connectivity index (χ4v) is 4.14. The third kappa shape index (κ3) is 2.69. The fraction of sp³-hybridized carbons (Fsp3) is 0.500. The summed E-state index contributed by atoms with van der Waals surface area (Å²) in [4.78, 5) is 0.0898. The van der Waals surface area contributed by atoms with Crippen molar-refractivity contribution in [1.29, 1.82) is 5.26 Å². The van der Waals surface area contributed by atoms with Crippen LogP contribution in [0.3, 0.4) is 0 Å². The van der Waals surface area contributed by atoms with Crippen LogP contribution in [0.4, 0.5) is 0 Å². The lowest BCUT2D eigenvalue weighted by molar-refractivity contribution is 0.174. The highest BCUT2D eigenvalue weighted by molar-refractivity contribution is 7.89. The predicted molar refractivity (Wildman–Crippen MR) is 74.3 cm³/mol. The van der Waals surface area contributed by atoms with E-state index in [0.29, 0.717) is 24.3 Å². The van der Waals surface area contributed by atoms with Crippen LogP contribution < -0.4 is 14.2 Å². The second-order valence-corrected chi connectivity index (χ2v) is 7.06. The Labute approximate surface area is 123 Å². The van der Waals surface area contributed by atoms with Crippen molar-refractivity contribution in [2.24, 2.45) is 0 Å². The molecule has 1 N–H and O–H groups in total. The van der Waals surface area contributed by atoms with Crippen molar-refractivity contribution >= 4 is 10.0 Å². The van der Waals surface area contributed by atoms with Crippen LogP contribution in [-0.4, -0.2) is 20.7 Å². The first-order chi connectivity index (χ1) is 10.0. The molecule has 0 radical (unpaired) electrons. The Hall–Kier alpha value is -1.78. The molecule has 0 saturated heterocycles. The molecule has 3 rings (SSSR count). The lowest BCUT2D eigenvalue weighted by Crippen LogP contribution is -2.48. The number of ether oxygens (including phenoxy) is 2. The molecule has 0 spiro atoms. The monoisotopic (exact) mass is 308 g/mol. The molecule has 1 aromatic rings. The molecular weight excluding hydrogens is 292 g/mol. The van der Waals surface area contributed by atoms with Gasteiger partial charge in [0.05, 0.1) is 11.0 Å². The van der Waals surface area contributed by atoms with E-state index in [1.807, 2.05) is 0 Å². The molecule has 0 bridgehead atoms. The smallest absolute Gasteiger partial charge is 0.242 e. The summed E-state index contributed by atoms with van der Waals surface area (Å²) < 4.78 is 38.0. The molecule has 0 atom stereocenters.